The molecule has 1 saturated carbocycles. The highest BCUT2D eigenvalue weighted by Gasteiger charge is 2.35. The molecule has 0 spiro atoms. The van der Waals surface area contributed by atoms with Crippen LogP contribution in [0.5, 0.6) is 0 Å². The summed E-state index contributed by atoms with van der Waals surface area (Å²) >= 11 is 0. The fraction of sp³-hybridized carbons (Fsp3) is 0.538. The minimum atomic E-state index is -1.08. The average Bonchev–Trinajstić information content (AvgIpc) is 3.26. The first-order chi connectivity index (χ1) is 10.1. The average molecular weight is 292 g/mol. The van der Waals surface area contributed by atoms with Crippen LogP contribution in [-0.2, 0) is 9.59 Å². The molecule has 112 valence electrons. The number of aliphatic carboxylic acids is 1. The van der Waals surface area contributed by atoms with Gasteiger partial charge in [-0.2, -0.15) is 0 Å². The molecule has 2 heterocycles. The predicted octanol–water partition coefficient (Wildman–Crippen LogP) is -0.642. The van der Waals surface area contributed by atoms with Crippen molar-refractivity contribution in [2.75, 3.05) is 18.0 Å². The molecule has 1 aliphatic heterocycles. The first kappa shape index (κ1) is 13.6. The Bertz CT molecular complexity index is 637. The number of piperazine rings is 1. The lowest BCUT2D eigenvalue weighted by Gasteiger charge is -2.34. The molecule has 1 aromatic heterocycles. The molecule has 1 aromatic rings. The Labute approximate surface area is 120 Å². The Morgan fingerprint density at radius 1 is 1.43 bits per heavy atom. The zero-order chi connectivity index (χ0) is 15.0. The predicted molar refractivity (Wildman–Crippen MR) is 73.2 cm³/mol. The summed E-state index contributed by atoms with van der Waals surface area (Å²) in [4.78, 5) is 40.9. The van der Waals surface area contributed by atoms with Gasteiger partial charge in [0.2, 0.25) is 5.91 Å². The second-order valence-corrected chi connectivity index (χ2v) is 5.29. The van der Waals surface area contributed by atoms with E-state index in [1.165, 1.54) is 11.1 Å². The lowest BCUT2D eigenvalue weighted by molar-refractivity contribution is -0.139. The van der Waals surface area contributed by atoms with Gasteiger partial charge in [-0.25, -0.2) is 4.98 Å². The van der Waals surface area contributed by atoms with Gasteiger partial charge in [0.05, 0.1) is 6.42 Å². The van der Waals surface area contributed by atoms with Gasteiger partial charge in [-0.1, -0.05) is 0 Å². The molecule has 1 unspecified atom stereocenters. The largest absolute Gasteiger partial charge is 0.481 e. The van der Waals surface area contributed by atoms with Crippen molar-refractivity contribution in [3.05, 3.63) is 22.7 Å². The number of aromatic nitrogens is 2. The van der Waals surface area contributed by atoms with Crippen molar-refractivity contribution < 1.29 is 14.7 Å². The van der Waals surface area contributed by atoms with E-state index in [1.807, 2.05) is 0 Å². The molecule has 1 atom stereocenters. The topological polar surface area (TPSA) is 105 Å². The summed E-state index contributed by atoms with van der Waals surface area (Å²) in [6, 6.07) is -0.692. The lowest BCUT2D eigenvalue weighted by atomic mass is 10.1. The van der Waals surface area contributed by atoms with Gasteiger partial charge in [-0.05, 0) is 12.8 Å². The Hall–Kier alpha value is -2.38. The van der Waals surface area contributed by atoms with Gasteiger partial charge in [0, 0.05) is 31.5 Å². The Morgan fingerprint density at radius 3 is 2.86 bits per heavy atom. The molecule has 8 heteroatoms. The summed E-state index contributed by atoms with van der Waals surface area (Å²) in [5.74, 6) is -1.31. The number of amides is 1. The van der Waals surface area contributed by atoms with Gasteiger partial charge in [-0.3, -0.25) is 14.4 Å². The number of rotatable bonds is 4. The second kappa shape index (κ2) is 5.19. The van der Waals surface area contributed by atoms with Crippen LogP contribution in [0.3, 0.4) is 0 Å². The van der Waals surface area contributed by atoms with Crippen molar-refractivity contribution >= 4 is 17.7 Å². The molecule has 1 saturated heterocycles. The van der Waals surface area contributed by atoms with Crippen molar-refractivity contribution in [3.63, 3.8) is 0 Å². The minimum absolute atomic E-state index is 0.158. The van der Waals surface area contributed by atoms with E-state index < -0.39 is 12.0 Å². The van der Waals surface area contributed by atoms with Crippen LogP contribution < -0.4 is 15.8 Å². The van der Waals surface area contributed by atoms with Crippen molar-refractivity contribution in [1.29, 1.82) is 0 Å². The van der Waals surface area contributed by atoms with Crippen LogP contribution in [0.4, 0.5) is 5.82 Å². The number of hydrogen-bond acceptors (Lipinski definition) is 5. The molecular weight excluding hydrogens is 276 g/mol. The van der Waals surface area contributed by atoms with E-state index in [0.717, 1.165) is 12.8 Å². The van der Waals surface area contributed by atoms with Crippen LogP contribution in [0.15, 0.2) is 17.2 Å². The Kier molecular flexibility index (Phi) is 3.36. The van der Waals surface area contributed by atoms with E-state index in [0.29, 0.717) is 13.1 Å². The molecule has 2 fully saturated rings. The third-order valence-corrected chi connectivity index (χ3v) is 3.76. The van der Waals surface area contributed by atoms with E-state index in [1.54, 1.807) is 10.8 Å². The number of carboxylic acid groups (broad SMARTS) is 1. The van der Waals surface area contributed by atoms with Crippen molar-refractivity contribution in [2.45, 2.75) is 31.3 Å². The van der Waals surface area contributed by atoms with E-state index >= 15 is 0 Å². The Morgan fingerprint density at radius 2 is 2.19 bits per heavy atom. The van der Waals surface area contributed by atoms with E-state index in [2.05, 4.69) is 10.3 Å². The number of nitrogens with one attached hydrogen (secondary N) is 1. The van der Waals surface area contributed by atoms with Gasteiger partial charge < -0.3 is 19.9 Å². The van der Waals surface area contributed by atoms with Gasteiger partial charge in [0.1, 0.15) is 6.04 Å². The number of hydrogen-bond donors (Lipinski definition) is 2. The number of carbonyl (C=O) groups is 2. The van der Waals surface area contributed by atoms with Crippen LogP contribution in [-0.4, -0.2) is 45.7 Å². The summed E-state index contributed by atoms with van der Waals surface area (Å²) in [5.41, 5.74) is -0.259. The number of carbonyl (C=O) groups excluding carboxylic acids is 1. The molecule has 0 radical (unpaired) electrons. The van der Waals surface area contributed by atoms with Crippen molar-refractivity contribution in [3.8, 4) is 0 Å². The van der Waals surface area contributed by atoms with E-state index in [9.17, 15) is 14.4 Å². The lowest BCUT2D eigenvalue weighted by Crippen LogP contribution is -2.57. The number of nitrogens with zero attached hydrogens (tertiary/aromatic N) is 3. The van der Waals surface area contributed by atoms with E-state index in [4.69, 9.17) is 5.11 Å². The highest BCUT2D eigenvalue weighted by molar-refractivity contribution is 5.90. The van der Waals surface area contributed by atoms with Gasteiger partial charge in [0.15, 0.2) is 5.82 Å². The van der Waals surface area contributed by atoms with Crippen LogP contribution in [0.1, 0.15) is 25.3 Å². The minimum Gasteiger partial charge on any atom is -0.481 e. The normalized spacial score (nSPS) is 22.0. The maximum Gasteiger partial charge on any atom is 0.305 e. The second-order valence-electron chi connectivity index (χ2n) is 5.29. The summed E-state index contributed by atoms with van der Waals surface area (Å²) in [5, 5.41) is 11.6. The summed E-state index contributed by atoms with van der Waals surface area (Å²) < 4.78 is 1.62. The highest BCUT2D eigenvalue weighted by atomic mass is 16.4. The molecule has 3 rings (SSSR count). The molecule has 0 aromatic carbocycles. The highest BCUT2D eigenvalue weighted by Crippen LogP contribution is 2.33. The standard InChI is InChI=1S/C13H16N4O4/c18-10(19)7-9-12(20)15-4-6-17(9)11-13(21)16(5-3-14-11)8-1-2-8/h3,5,8-9H,1-2,4,6-7H2,(H,15,20)(H,18,19). The van der Waals surface area contributed by atoms with E-state index in [-0.39, 0.29) is 29.7 Å². The zero-order valence-corrected chi connectivity index (χ0v) is 11.4. The summed E-state index contributed by atoms with van der Waals surface area (Å²) in [7, 11) is 0. The third-order valence-electron chi connectivity index (χ3n) is 3.76. The number of anilines is 1. The monoisotopic (exact) mass is 292 g/mol. The molecule has 21 heavy (non-hydrogen) atoms. The van der Waals surface area contributed by atoms with Crippen LogP contribution in [0, 0.1) is 0 Å². The fourth-order valence-corrected chi connectivity index (χ4v) is 2.59. The maximum absolute atomic E-state index is 12.5. The maximum atomic E-state index is 12.5. The van der Waals surface area contributed by atoms with Gasteiger partial charge >= 0.3 is 5.97 Å². The molecule has 1 amide bonds. The van der Waals surface area contributed by atoms with Crippen molar-refractivity contribution in [1.82, 2.24) is 14.9 Å². The molecule has 2 aliphatic rings. The van der Waals surface area contributed by atoms with Crippen molar-refractivity contribution in [2.24, 2.45) is 0 Å². The molecule has 0 bridgehead atoms. The first-order valence-electron chi connectivity index (χ1n) is 6.91. The van der Waals surface area contributed by atoms with Crippen LogP contribution in [0.2, 0.25) is 0 Å². The first-order valence-corrected chi connectivity index (χ1v) is 6.91. The third kappa shape index (κ3) is 2.61. The van der Waals surface area contributed by atoms with Gasteiger partial charge in [-0.15, -0.1) is 0 Å². The Balaban J connectivity index is 1.96. The zero-order valence-electron chi connectivity index (χ0n) is 11.4. The SMILES string of the molecule is O=C(O)CC1C(=O)NCCN1c1nccn(C2CC2)c1=O. The van der Waals surface area contributed by atoms with Gasteiger partial charge in [0.25, 0.3) is 5.56 Å². The quantitative estimate of drug-likeness (QED) is 0.764. The molecular formula is C13H16N4O4. The smallest absolute Gasteiger partial charge is 0.305 e. The molecule has 8 nitrogen and oxygen atoms in total. The van der Waals surface area contributed by atoms with Crippen LogP contribution >= 0.6 is 0 Å². The molecule has 2 N–H and O–H groups in total. The summed E-state index contributed by atoms with van der Waals surface area (Å²) in [6.07, 6.45) is 4.73. The number of carboxylic acids is 1. The summed E-state index contributed by atoms with van der Waals surface area (Å²) in [6.45, 7) is 0.745. The fourth-order valence-electron chi connectivity index (χ4n) is 2.59. The molecule has 1 aliphatic carbocycles. The van der Waals surface area contributed by atoms with Crippen LogP contribution in [0.25, 0.3) is 0 Å².